The van der Waals surface area contributed by atoms with Crippen LogP contribution in [0.15, 0.2) is 46.9 Å². The van der Waals surface area contributed by atoms with E-state index in [9.17, 15) is 9.59 Å². The molecule has 5 nitrogen and oxygen atoms in total. The molecule has 0 saturated carbocycles. The van der Waals surface area contributed by atoms with Crippen molar-refractivity contribution in [1.29, 1.82) is 0 Å². The Morgan fingerprint density at radius 2 is 1.76 bits per heavy atom. The molecule has 0 fully saturated rings. The third kappa shape index (κ3) is 5.60. The SMILES string of the molecule is Cc1cccc(O[C@@H](C)C(=O)NNC(=O)Cc2ccc(Br)cc2)c1C. The molecule has 0 unspecified atom stereocenters. The molecule has 0 bridgehead atoms. The molecule has 2 amide bonds. The van der Waals surface area contributed by atoms with Crippen LogP contribution in [0.4, 0.5) is 0 Å². The van der Waals surface area contributed by atoms with Gasteiger partial charge in [-0.2, -0.15) is 0 Å². The molecular formula is C19H21BrN2O3. The number of rotatable bonds is 5. The first kappa shape index (κ1) is 19.0. The second-order valence-corrected chi connectivity index (χ2v) is 6.71. The maximum atomic E-state index is 12.1. The Balaban J connectivity index is 1.83. The fourth-order valence-corrected chi connectivity index (χ4v) is 2.42. The van der Waals surface area contributed by atoms with E-state index in [1.807, 2.05) is 56.3 Å². The smallest absolute Gasteiger partial charge is 0.279 e. The number of carbonyl (C=O) groups is 2. The van der Waals surface area contributed by atoms with Crippen LogP contribution in [0, 0.1) is 13.8 Å². The quantitative estimate of drug-likeness (QED) is 0.751. The third-order valence-corrected chi connectivity index (χ3v) is 4.36. The molecule has 2 rings (SSSR count). The van der Waals surface area contributed by atoms with Gasteiger partial charge in [0.1, 0.15) is 5.75 Å². The van der Waals surface area contributed by atoms with Crippen LogP contribution in [-0.2, 0) is 16.0 Å². The molecule has 1 atom stereocenters. The molecule has 0 spiro atoms. The molecular weight excluding hydrogens is 384 g/mol. The largest absolute Gasteiger partial charge is 0.481 e. The van der Waals surface area contributed by atoms with Crippen LogP contribution in [0.25, 0.3) is 0 Å². The number of halogens is 1. The number of nitrogens with one attached hydrogen (secondary N) is 2. The Morgan fingerprint density at radius 3 is 2.44 bits per heavy atom. The van der Waals surface area contributed by atoms with Crippen LogP contribution in [0.2, 0.25) is 0 Å². The van der Waals surface area contributed by atoms with Crippen molar-refractivity contribution in [3.8, 4) is 5.75 Å². The number of amides is 2. The summed E-state index contributed by atoms with van der Waals surface area (Å²) in [5, 5.41) is 0. The summed E-state index contributed by atoms with van der Waals surface area (Å²) < 4.78 is 6.63. The van der Waals surface area contributed by atoms with E-state index in [0.29, 0.717) is 5.75 Å². The van der Waals surface area contributed by atoms with Crippen LogP contribution in [0.5, 0.6) is 5.75 Å². The summed E-state index contributed by atoms with van der Waals surface area (Å²) in [4.78, 5) is 24.0. The number of ether oxygens (including phenoxy) is 1. The van der Waals surface area contributed by atoms with E-state index >= 15 is 0 Å². The number of hydrogen-bond donors (Lipinski definition) is 2. The van der Waals surface area contributed by atoms with Crippen molar-refractivity contribution in [1.82, 2.24) is 10.9 Å². The summed E-state index contributed by atoms with van der Waals surface area (Å²) in [6.45, 7) is 5.56. The summed E-state index contributed by atoms with van der Waals surface area (Å²) in [6.07, 6.45) is -0.548. The van der Waals surface area contributed by atoms with Gasteiger partial charge in [0.25, 0.3) is 5.91 Å². The normalized spacial score (nSPS) is 11.5. The second-order valence-electron chi connectivity index (χ2n) is 5.80. The molecule has 0 aromatic heterocycles. The standard InChI is InChI=1S/C19H21BrN2O3/c1-12-5-4-6-17(13(12)2)25-14(3)19(24)22-21-18(23)11-15-7-9-16(20)10-8-15/h4-10,14H,11H2,1-3H3,(H,21,23)(H,22,24)/t14-/m0/s1. The van der Waals surface area contributed by atoms with Gasteiger partial charge in [0, 0.05) is 4.47 Å². The predicted molar refractivity (Wildman–Crippen MR) is 100 cm³/mol. The fraction of sp³-hybridized carbons (Fsp3) is 0.263. The first-order chi connectivity index (χ1) is 11.9. The highest BCUT2D eigenvalue weighted by atomic mass is 79.9. The van der Waals surface area contributed by atoms with E-state index in [-0.39, 0.29) is 12.3 Å². The van der Waals surface area contributed by atoms with Gasteiger partial charge in [-0.25, -0.2) is 0 Å². The number of benzene rings is 2. The minimum atomic E-state index is -0.728. The lowest BCUT2D eigenvalue weighted by Crippen LogP contribution is -2.47. The first-order valence-electron chi connectivity index (χ1n) is 7.93. The van der Waals surface area contributed by atoms with Gasteiger partial charge in [-0.05, 0) is 55.7 Å². The van der Waals surface area contributed by atoms with Crippen LogP contribution in [-0.4, -0.2) is 17.9 Å². The summed E-state index contributed by atoms with van der Waals surface area (Å²) in [5.41, 5.74) is 7.74. The zero-order valence-electron chi connectivity index (χ0n) is 14.4. The van der Waals surface area contributed by atoms with Gasteiger partial charge >= 0.3 is 0 Å². The maximum Gasteiger partial charge on any atom is 0.279 e. The van der Waals surface area contributed by atoms with Crippen molar-refractivity contribution in [2.45, 2.75) is 33.3 Å². The Labute approximate surface area is 155 Å². The van der Waals surface area contributed by atoms with Gasteiger partial charge in [0.05, 0.1) is 6.42 Å². The van der Waals surface area contributed by atoms with Crippen molar-refractivity contribution in [2.24, 2.45) is 0 Å². The summed E-state index contributed by atoms with van der Waals surface area (Å²) >= 11 is 3.34. The Bertz CT molecular complexity index is 760. The summed E-state index contributed by atoms with van der Waals surface area (Å²) in [5.74, 6) is -0.0523. The van der Waals surface area contributed by atoms with Gasteiger partial charge in [-0.1, -0.05) is 40.2 Å². The van der Waals surface area contributed by atoms with E-state index in [0.717, 1.165) is 21.2 Å². The lowest BCUT2D eigenvalue weighted by Gasteiger charge is -2.17. The van der Waals surface area contributed by atoms with E-state index in [1.54, 1.807) is 6.92 Å². The zero-order valence-corrected chi connectivity index (χ0v) is 16.0. The lowest BCUT2D eigenvalue weighted by molar-refractivity contribution is -0.132. The molecule has 2 aromatic rings. The predicted octanol–water partition coefficient (Wildman–Crippen LogP) is 3.22. The Hall–Kier alpha value is -2.34. The summed E-state index contributed by atoms with van der Waals surface area (Å²) in [6, 6.07) is 13.1. The van der Waals surface area contributed by atoms with Crippen LogP contribution in [0.1, 0.15) is 23.6 Å². The van der Waals surface area contributed by atoms with E-state index in [1.165, 1.54) is 0 Å². The topological polar surface area (TPSA) is 67.4 Å². The van der Waals surface area contributed by atoms with Crippen LogP contribution < -0.4 is 15.6 Å². The third-order valence-electron chi connectivity index (χ3n) is 3.83. The molecule has 0 aliphatic rings. The number of hydrazine groups is 1. The Kier molecular flexibility index (Phi) is 6.58. The molecule has 0 radical (unpaired) electrons. The highest BCUT2D eigenvalue weighted by molar-refractivity contribution is 9.10. The molecule has 2 aromatic carbocycles. The van der Waals surface area contributed by atoms with Crippen LogP contribution >= 0.6 is 15.9 Å². The molecule has 0 saturated heterocycles. The fourth-order valence-electron chi connectivity index (χ4n) is 2.16. The lowest BCUT2D eigenvalue weighted by atomic mass is 10.1. The number of aryl methyl sites for hydroxylation is 1. The second kappa shape index (κ2) is 8.67. The average Bonchev–Trinajstić information content (AvgIpc) is 2.58. The monoisotopic (exact) mass is 404 g/mol. The number of hydrogen-bond acceptors (Lipinski definition) is 3. The van der Waals surface area contributed by atoms with Gasteiger partial charge in [-0.15, -0.1) is 0 Å². The average molecular weight is 405 g/mol. The van der Waals surface area contributed by atoms with E-state index in [2.05, 4.69) is 26.8 Å². The van der Waals surface area contributed by atoms with Crippen molar-refractivity contribution < 1.29 is 14.3 Å². The highest BCUT2D eigenvalue weighted by Gasteiger charge is 2.16. The van der Waals surface area contributed by atoms with Gasteiger partial charge < -0.3 is 4.74 Å². The first-order valence-corrected chi connectivity index (χ1v) is 8.72. The molecule has 25 heavy (non-hydrogen) atoms. The Morgan fingerprint density at radius 1 is 1.08 bits per heavy atom. The summed E-state index contributed by atoms with van der Waals surface area (Å²) in [7, 11) is 0. The van der Waals surface area contributed by atoms with Crippen molar-refractivity contribution in [3.05, 3.63) is 63.6 Å². The molecule has 132 valence electrons. The molecule has 0 heterocycles. The molecule has 0 aliphatic carbocycles. The van der Waals surface area contributed by atoms with Crippen molar-refractivity contribution >= 4 is 27.7 Å². The molecule has 2 N–H and O–H groups in total. The van der Waals surface area contributed by atoms with Crippen LogP contribution in [0.3, 0.4) is 0 Å². The highest BCUT2D eigenvalue weighted by Crippen LogP contribution is 2.21. The zero-order chi connectivity index (χ0) is 18.4. The maximum absolute atomic E-state index is 12.1. The van der Waals surface area contributed by atoms with Gasteiger partial charge in [0.15, 0.2) is 6.10 Å². The van der Waals surface area contributed by atoms with E-state index in [4.69, 9.17) is 4.74 Å². The van der Waals surface area contributed by atoms with Crippen molar-refractivity contribution in [2.75, 3.05) is 0 Å². The van der Waals surface area contributed by atoms with Crippen molar-refractivity contribution in [3.63, 3.8) is 0 Å². The van der Waals surface area contributed by atoms with Gasteiger partial charge in [-0.3, -0.25) is 20.4 Å². The minimum Gasteiger partial charge on any atom is -0.481 e. The minimum absolute atomic E-state index is 0.180. The molecule has 0 aliphatic heterocycles. The molecule has 6 heteroatoms. The van der Waals surface area contributed by atoms with E-state index < -0.39 is 12.0 Å². The number of carbonyl (C=O) groups excluding carboxylic acids is 2. The van der Waals surface area contributed by atoms with Gasteiger partial charge in [0.2, 0.25) is 5.91 Å².